The van der Waals surface area contributed by atoms with Gasteiger partial charge in [-0.25, -0.2) is 4.98 Å². The maximum absolute atomic E-state index is 12.3. The first-order chi connectivity index (χ1) is 10.6. The second-order valence-electron chi connectivity index (χ2n) is 5.98. The van der Waals surface area contributed by atoms with Gasteiger partial charge in [0.05, 0.1) is 24.1 Å². The van der Waals surface area contributed by atoms with E-state index in [0.29, 0.717) is 5.69 Å². The van der Waals surface area contributed by atoms with Gasteiger partial charge in [0.25, 0.3) is 0 Å². The monoisotopic (exact) mass is 301 g/mol. The minimum absolute atomic E-state index is 0.0100. The highest BCUT2D eigenvalue weighted by atomic mass is 16.4. The van der Waals surface area contributed by atoms with Crippen LogP contribution in [0.2, 0.25) is 0 Å². The number of carbonyl (C=O) groups excluding carboxylic acids is 1. The average molecular weight is 301 g/mol. The second-order valence-corrected chi connectivity index (χ2v) is 5.98. The van der Waals surface area contributed by atoms with E-state index in [-0.39, 0.29) is 18.7 Å². The third-order valence-corrected chi connectivity index (χ3v) is 4.21. The van der Waals surface area contributed by atoms with Crippen molar-refractivity contribution in [3.05, 3.63) is 36.3 Å². The molecule has 0 saturated heterocycles. The van der Waals surface area contributed by atoms with Crippen LogP contribution in [0.3, 0.4) is 0 Å². The fraction of sp³-hybridized carbons (Fsp3) is 0.438. The Bertz CT molecular complexity index is 668. The van der Waals surface area contributed by atoms with Crippen molar-refractivity contribution < 1.29 is 14.7 Å². The first kappa shape index (κ1) is 14.6. The number of imidazole rings is 1. The summed E-state index contributed by atoms with van der Waals surface area (Å²) in [6.07, 6.45) is 7.25. The van der Waals surface area contributed by atoms with E-state index in [0.717, 1.165) is 31.3 Å². The van der Waals surface area contributed by atoms with Gasteiger partial charge in [0.1, 0.15) is 5.65 Å². The molecule has 1 amide bonds. The highest BCUT2D eigenvalue weighted by Crippen LogP contribution is 2.32. The molecule has 6 heteroatoms. The van der Waals surface area contributed by atoms with Crippen LogP contribution in [0.4, 0.5) is 0 Å². The molecule has 3 rings (SSSR count). The summed E-state index contributed by atoms with van der Waals surface area (Å²) in [5.74, 6) is -1.03. The van der Waals surface area contributed by atoms with E-state index < -0.39 is 11.5 Å². The molecule has 1 saturated carbocycles. The number of amides is 1. The second kappa shape index (κ2) is 5.79. The third kappa shape index (κ3) is 3.10. The molecule has 116 valence electrons. The molecular weight excluding hydrogens is 282 g/mol. The highest BCUT2D eigenvalue weighted by molar-refractivity contribution is 5.80. The van der Waals surface area contributed by atoms with Crippen molar-refractivity contribution in [1.82, 2.24) is 14.7 Å². The Morgan fingerprint density at radius 3 is 2.77 bits per heavy atom. The summed E-state index contributed by atoms with van der Waals surface area (Å²) in [5, 5.41) is 12.0. The predicted octanol–water partition coefficient (Wildman–Crippen LogP) is 1.78. The number of nitrogens with zero attached hydrogens (tertiary/aromatic N) is 2. The van der Waals surface area contributed by atoms with Gasteiger partial charge < -0.3 is 14.8 Å². The van der Waals surface area contributed by atoms with Crippen LogP contribution in [0.5, 0.6) is 0 Å². The Balaban J connectivity index is 1.69. The third-order valence-electron chi connectivity index (χ3n) is 4.21. The van der Waals surface area contributed by atoms with Crippen molar-refractivity contribution in [3.8, 4) is 0 Å². The zero-order valence-electron chi connectivity index (χ0n) is 12.3. The lowest BCUT2D eigenvalue weighted by Crippen LogP contribution is -2.48. The Labute approximate surface area is 128 Å². The van der Waals surface area contributed by atoms with E-state index in [1.807, 2.05) is 35.0 Å². The minimum atomic E-state index is -0.866. The van der Waals surface area contributed by atoms with Crippen LogP contribution in [0.25, 0.3) is 5.65 Å². The Kier molecular flexibility index (Phi) is 3.83. The van der Waals surface area contributed by atoms with E-state index in [4.69, 9.17) is 5.11 Å². The van der Waals surface area contributed by atoms with Crippen LogP contribution in [-0.2, 0) is 16.0 Å². The molecule has 2 N–H and O–H groups in total. The fourth-order valence-corrected chi connectivity index (χ4v) is 3.26. The zero-order valence-corrected chi connectivity index (χ0v) is 12.3. The van der Waals surface area contributed by atoms with Crippen molar-refractivity contribution in [2.75, 3.05) is 0 Å². The summed E-state index contributed by atoms with van der Waals surface area (Å²) in [7, 11) is 0. The number of fused-ring (bicyclic) bond motifs is 1. The number of aliphatic carboxylic acids is 1. The molecule has 0 aliphatic heterocycles. The fourth-order valence-electron chi connectivity index (χ4n) is 3.26. The Morgan fingerprint density at radius 2 is 2.09 bits per heavy atom. The molecule has 1 fully saturated rings. The molecule has 0 spiro atoms. The molecule has 1 aliphatic carbocycles. The number of aromatic nitrogens is 2. The van der Waals surface area contributed by atoms with Gasteiger partial charge in [-0.3, -0.25) is 9.59 Å². The maximum Gasteiger partial charge on any atom is 0.305 e. The van der Waals surface area contributed by atoms with Crippen molar-refractivity contribution in [2.24, 2.45) is 0 Å². The molecule has 0 radical (unpaired) electrons. The largest absolute Gasteiger partial charge is 0.481 e. The molecule has 2 aromatic rings. The van der Waals surface area contributed by atoms with Gasteiger partial charge in [-0.05, 0) is 25.0 Å². The van der Waals surface area contributed by atoms with E-state index in [9.17, 15) is 9.59 Å². The standard InChI is InChI=1S/C16H19N3O3/c20-14(18-16(10-15(21)22)6-2-3-7-16)9-12-11-19-8-4-1-5-13(19)17-12/h1,4-5,8,11H,2-3,6-7,9-10H2,(H,18,20)(H,21,22). The number of carbonyl (C=O) groups is 2. The van der Waals surface area contributed by atoms with Gasteiger partial charge in [0.15, 0.2) is 0 Å². The first-order valence-corrected chi connectivity index (χ1v) is 7.52. The van der Waals surface area contributed by atoms with Crippen LogP contribution in [0, 0.1) is 0 Å². The summed E-state index contributed by atoms with van der Waals surface area (Å²) in [4.78, 5) is 27.7. The SMILES string of the molecule is O=C(O)CC1(NC(=O)Cc2cn3ccccc3n2)CCCC1. The Hall–Kier alpha value is -2.37. The van der Waals surface area contributed by atoms with Crippen LogP contribution in [0.1, 0.15) is 37.8 Å². The van der Waals surface area contributed by atoms with Crippen molar-refractivity contribution in [1.29, 1.82) is 0 Å². The van der Waals surface area contributed by atoms with E-state index >= 15 is 0 Å². The average Bonchev–Trinajstić information content (AvgIpc) is 3.03. The zero-order chi connectivity index (χ0) is 15.6. The van der Waals surface area contributed by atoms with Crippen molar-refractivity contribution >= 4 is 17.5 Å². The summed E-state index contributed by atoms with van der Waals surface area (Å²) in [6.45, 7) is 0. The molecule has 2 heterocycles. The van der Waals surface area contributed by atoms with Crippen molar-refractivity contribution in [2.45, 2.75) is 44.1 Å². The molecule has 2 aromatic heterocycles. The molecule has 0 atom stereocenters. The lowest BCUT2D eigenvalue weighted by molar-refractivity contribution is -0.139. The van der Waals surface area contributed by atoms with Gasteiger partial charge in [-0.15, -0.1) is 0 Å². The van der Waals surface area contributed by atoms with Gasteiger partial charge in [0.2, 0.25) is 5.91 Å². The first-order valence-electron chi connectivity index (χ1n) is 7.52. The topological polar surface area (TPSA) is 83.7 Å². The van der Waals surface area contributed by atoms with Crippen molar-refractivity contribution in [3.63, 3.8) is 0 Å². The summed E-state index contributed by atoms with van der Waals surface area (Å²) >= 11 is 0. The maximum atomic E-state index is 12.3. The smallest absolute Gasteiger partial charge is 0.305 e. The van der Waals surface area contributed by atoms with Crippen LogP contribution in [-0.4, -0.2) is 31.9 Å². The number of nitrogens with one attached hydrogen (secondary N) is 1. The number of hydrogen-bond donors (Lipinski definition) is 2. The molecule has 0 unspecified atom stereocenters. The molecule has 22 heavy (non-hydrogen) atoms. The molecule has 0 aromatic carbocycles. The summed E-state index contributed by atoms with van der Waals surface area (Å²) in [5.41, 5.74) is 0.904. The van der Waals surface area contributed by atoms with Gasteiger partial charge >= 0.3 is 5.97 Å². The highest BCUT2D eigenvalue weighted by Gasteiger charge is 2.37. The molecular formula is C16H19N3O3. The van der Waals surface area contributed by atoms with E-state index in [2.05, 4.69) is 10.3 Å². The summed E-state index contributed by atoms with van der Waals surface area (Å²) < 4.78 is 1.87. The molecule has 1 aliphatic rings. The number of carboxylic acids is 1. The summed E-state index contributed by atoms with van der Waals surface area (Å²) in [6, 6.07) is 5.68. The normalized spacial score (nSPS) is 16.7. The van der Waals surface area contributed by atoms with Gasteiger partial charge in [0, 0.05) is 12.4 Å². The van der Waals surface area contributed by atoms with Crippen LogP contribution in [0.15, 0.2) is 30.6 Å². The number of rotatable bonds is 5. The van der Waals surface area contributed by atoms with Gasteiger partial charge in [-0.2, -0.15) is 0 Å². The van der Waals surface area contributed by atoms with E-state index in [1.54, 1.807) is 0 Å². The predicted molar refractivity (Wildman–Crippen MR) is 80.5 cm³/mol. The quantitative estimate of drug-likeness (QED) is 0.881. The number of carboxylic acid groups (broad SMARTS) is 1. The number of pyridine rings is 1. The number of hydrogen-bond acceptors (Lipinski definition) is 3. The lowest BCUT2D eigenvalue weighted by Gasteiger charge is -2.28. The Morgan fingerprint density at radius 1 is 1.32 bits per heavy atom. The molecule has 6 nitrogen and oxygen atoms in total. The molecule has 0 bridgehead atoms. The lowest BCUT2D eigenvalue weighted by atomic mass is 9.93. The van der Waals surface area contributed by atoms with Crippen LogP contribution >= 0.6 is 0 Å². The van der Waals surface area contributed by atoms with E-state index in [1.165, 1.54) is 0 Å². The van der Waals surface area contributed by atoms with Gasteiger partial charge in [-0.1, -0.05) is 18.9 Å². The minimum Gasteiger partial charge on any atom is -0.481 e. The van der Waals surface area contributed by atoms with Crippen LogP contribution < -0.4 is 5.32 Å².